The molecule has 0 aromatic carbocycles. The number of hydrogen-bond donors (Lipinski definition) is 1. The van der Waals surface area contributed by atoms with Crippen molar-refractivity contribution in [3.63, 3.8) is 0 Å². The van der Waals surface area contributed by atoms with Crippen LogP contribution < -0.4 is 20.5 Å². The summed E-state index contributed by atoms with van der Waals surface area (Å²) in [4.78, 5) is 39.6. The molecule has 3 aromatic rings. The molecule has 0 amide bonds. The number of furan rings is 2. The first kappa shape index (κ1) is 22.4. The molecule has 0 saturated carbocycles. The van der Waals surface area contributed by atoms with Crippen molar-refractivity contribution in [3.05, 3.63) is 73.4 Å². The summed E-state index contributed by atoms with van der Waals surface area (Å²) in [7, 11) is 0. The second kappa shape index (κ2) is 8.99. The van der Waals surface area contributed by atoms with Gasteiger partial charge in [0.05, 0.1) is 46.8 Å². The van der Waals surface area contributed by atoms with Crippen molar-refractivity contribution >= 4 is 40.7 Å². The Labute approximate surface area is 192 Å². The Morgan fingerprint density at radius 2 is 1.91 bits per heavy atom. The first-order chi connectivity index (χ1) is 15.8. The Morgan fingerprint density at radius 3 is 2.52 bits per heavy atom. The summed E-state index contributed by atoms with van der Waals surface area (Å²) in [6, 6.07) is 6.63. The molecule has 4 heterocycles. The van der Waals surface area contributed by atoms with Gasteiger partial charge in [-0.2, -0.15) is 0 Å². The summed E-state index contributed by atoms with van der Waals surface area (Å²) in [6.45, 7) is 5.14. The Balaban J connectivity index is 2.10. The number of esters is 2. The number of rotatable bonds is 6. The van der Waals surface area contributed by atoms with Crippen molar-refractivity contribution in [2.75, 3.05) is 6.61 Å². The van der Waals surface area contributed by atoms with Crippen LogP contribution in [-0.4, -0.2) is 29.2 Å². The van der Waals surface area contributed by atoms with Crippen LogP contribution in [-0.2, 0) is 19.1 Å². The number of hydrogen-bond acceptors (Lipinski definition) is 9. The van der Waals surface area contributed by atoms with Crippen molar-refractivity contribution in [1.82, 2.24) is 4.57 Å². The molecule has 1 atom stereocenters. The molecule has 0 radical (unpaired) electrons. The summed E-state index contributed by atoms with van der Waals surface area (Å²) in [5.74, 6) is -1.85. The van der Waals surface area contributed by atoms with E-state index in [0.29, 0.717) is 11.5 Å². The Hall–Kier alpha value is -3.79. The summed E-state index contributed by atoms with van der Waals surface area (Å²) < 4.78 is 23.2. The third kappa shape index (κ3) is 4.05. The van der Waals surface area contributed by atoms with Crippen molar-refractivity contribution in [1.29, 1.82) is 0 Å². The van der Waals surface area contributed by atoms with Crippen LogP contribution in [0, 0.1) is 0 Å². The summed E-state index contributed by atoms with van der Waals surface area (Å²) in [5, 5.41) is 0. The number of thiazole rings is 1. The minimum atomic E-state index is -1.01. The zero-order chi connectivity index (χ0) is 23.7. The highest BCUT2D eigenvalue weighted by Crippen LogP contribution is 2.38. The Morgan fingerprint density at radius 1 is 1.18 bits per heavy atom. The van der Waals surface area contributed by atoms with Crippen LogP contribution in [0.3, 0.4) is 0 Å². The van der Waals surface area contributed by atoms with Crippen LogP contribution in [0.5, 0.6) is 0 Å². The van der Waals surface area contributed by atoms with E-state index in [1.54, 1.807) is 51.1 Å². The number of ether oxygens (including phenoxy) is 2. The van der Waals surface area contributed by atoms with Gasteiger partial charge in [-0.25, -0.2) is 9.59 Å². The molecule has 1 aliphatic heterocycles. The molecular weight excluding hydrogens is 448 g/mol. The van der Waals surface area contributed by atoms with Crippen LogP contribution in [0.15, 0.2) is 56.0 Å². The molecule has 0 unspecified atom stereocenters. The molecule has 0 bridgehead atoms. The molecule has 0 aliphatic carbocycles. The zero-order valence-electron chi connectivity index (χ0n) is 18.2. The largest absolute Gasteiger partial charge is 0.468 e. The summed E-state index contributed by atoms with van der Waals surface area (Å²) in [6.07, 6.45) is 4.01. The van der Waals surface area contributed by atoms with Crippen molar-refractivity contribution in [2.45, 2.75) is 32.8 Å². The van der Waals surface area contributed by atoms with E-state index in [-0.39, 0.29) is 32.8 Å². The number of nitrogens with zero attached hydrogens (tertiary/aromatic N) is 1. The molecular formula is C23H22N2O7S. The average Bonchev–Trinajstić information content (AvgIpc) is 3.50. The molecule has 0 spiro atoms. The maximum atomic E-state index is 13.3. The van der Waals surface area contributed by atoms with E-state index in [1.165, 1.54) is 12.5 Å². The number of fused-ring (bicyclic) bond motifs is 1. The summed E-state index contributed by atoms with van der Waals surface area (Å²) >= 11 is 1.04. The van der Waals surface area contributed by atoms with Crippen LogP contribution in [0.25, 0.3) is 17.5 Å². The zero-order valence-corrected chi connectivity index (χ0v) is 19.0. The van der Waals surface area contributed by atoms with Gasteiger partial charge in [0.15, 0.2) is 0 Å². The first-order valence-electron chi connectivity index (χ1n) is 10.3. The van der Waals surface area contributed by atoms with Gasteiger partial charge in [-0.15, -0.1) is 11.3 Å². The van der Waals surface area contributed by atoms with Gasteiger partial charge in [0.25, 0.3) is 5.56 Å². The highest BCUT2D eigenvalue weighted by Gasteiger charge is 2.41. The third-order valence-electron chi connectivity index (χ3n) is 4.85. The Kier molecular flexibility index (Phi) is 6.10. The predicted molar refractivity (Wildman–Crippen MR) is 120 cm³/mol. The maximum absolute atomic E-state index is 13.3. The smallest absolute Gasteiger partial charge is 0.338 e. The fraction of sp³-hybridized carbons (Fsp3) is 0.261. The van der Waals surface area contributed by atoms with Crippen molar-refractivity contribution in [2.24, 2.45) is 5.73 Å². The molecule has 9 nitrogen and oxygen atoms in total. The topological polar surface area (TPSA) is 127 Å². The molecule has 4 rings (SSSR count). The highest BCUT2D eigenvalue weighted by atomic mass is 32.1. The first-order valence-corrected chi connectivity index (χ1v) is 11.1. The van der Waals surface area contributed by atoms with Crippen molar-refractivity contribution < 1.29 is 27.9 Å². The van der Waals surface area contributed by atoms with Crippen molar-refractivity contribution in [3.8, 4) is 0 Å². The SMILES string of the molecule is CCOC(=O)C1=C(N)n2c(s/c(=C/c3ccco3)c2=O)=C(C(=O)OC(C)C)[C@H]1c1ccco1. The van der Waals surface area contributed by atoms with Gasteiger partial charge in [-0.1, -0.05) is 0 Å². The minimum absolute atomic E-state index is 0.0668. The lowest BCUT2D eigenvalue weighted by molar-refractivity contribution is -0.140. The van der Waals surface area contributed by atoms with Crippen LogP contribution in [0.1, 0.15) is 38.2 Å². The minimum Gasteiger partial charge on any atom is -0.468 e. The standard InChI is InChI=1S/C23H22N2O7S/c1-4-29-22(27)17-16(14-8-6-10-31-14)18(23(28)32-12(2)3)21-25(19(17)24)20(26)15(33-21)11-13-7-5-9-30-13/h5-12,16H,4,24H2,1-3H3/b15-11+/t16-/m0/s1. The van der Waals surface area contributed by atoms with Gasteiger partial charge in [0.1, 0.15) is 22.0 Å². The van der Waals surface area contributed by atoms with Gasteiger partial charge in [-0.05, 0) is 45.0 Å². The van der Waals surface area contributed by atoms with Gasteiger partial charge in [-0.3, -0.25) is 9.36 Å². The van der Waals surface area contributed by atoms with E-state index in [1.807, 2.05) is 0 Å². The van der Waals surface area contributed by atoms with E-state index in [4.69, 9.17) is 24.0 Å². The lowest BCUT2D eigenvalue weighted by Crippen LogP contribution is -2.42. The van der Waals surface area contributed by atoms with Gasteiger partial charge in [0, 0.05) is 6.08 Å². The molecule has 33 heavy (non-hydrogen) atoms. The predicted octanol–water partition coefficient (Wildman–Crippen LogP) is 1.51. The molecule has 0 saturated heterocycles. The molecule has 1 aliphatic rings. The number of aromatic nitrogens is 1. The molecule has 0 fully saturated rings. The fourth-order valence-electron chi connectivity index (χ4n) is 3.57. The molecule has 172 valence electrons. The van der Waals surface area contributed by atoms with E-state index in [0.717, 1.165) is 15.9 Å². The number of nitrogens with two attached hydrogens (primary N) is 1. The van der Waals surface area contributed by atoms with Gasteiger partial charge in [0.2, 0.25) is 0 Å². The lowest BCUT2D eigenvalue weighted by atomic mass is 9.87. The van der Waals surface area contributed by atoms with E-state index >= 15 is 0 Å². The van der Waals surface area contributed by atoms with Gasteiger partial charge >= 0.3 is 11.9 Å². The second-order valence-corrected chi connectivity index (χ2v) is 8.44. The normalized spacial score (nSPS) is 16.3. The van der Waals surface area contributed by atoms with E-state index in [2.05, 4.69) is 0 Å². The van der Waals surface area contributed by atoms with E-state index in [9.17, 15) is 14.4 Å². The van der Waals surface area contributed by atoms with E-state index < -0.39 is 29.5 Å². The van der Waals surface area contributed by atoms with Crippen LogP contribution in [0.2, 0.25) is 0 Å². The quantitative estimate of drug-likeness (QED) is 0.537. The number of carbonyl (C=O) groups excluding carboxylic acids is 2. The van der Waals surface area contributed by atoms with Crippen LogP contribution >= 0.6 is 11.3 Å². The second-order valence-electron chi connectivity index (χ2n) is 7.41. The molecule has 2 N–H and O–H groups in total. The number of carbonyl (C=O) groups is 2. The summed E-state index contributed by atoms with van der Waals surface area (Å²) in [5.41, 5.74) is 5.87. The highest BCUT2D eigenvalue weighted by molar-refractivity contribution is 7.07. The fourth-order valence-corrected chi connectivity index (χ4v) is 4.72. The molecule has 3 aromatic heterocycles. The average molecular weight is 471 g/mol. The Bertz CT molecular complexity index is 1390. The third-order valence-corrected chi connectivity index (χ3v) is 5.96. The van der Waals surface area contributed by atoms with Gasteiger partial charge < -0.3 is 24.0 Å². The monoisotopic (exact) mass is 470 g/mol. The van der Waals surface area contributed by atoms with Crippen LogP contribution in [0.4, 0.5) is 0 Å². The molecule has 10 heteroatoms. The maximum Gasteiger partial charge on any atom is 0.338 e. The lowest BCUT2D eigenvalue weighted by Gasteiger charge is -2.25.